The summed E-state index contributed by atoms with van der Waals surface area (Å²) in [6.07, 6.45) is 5.92. The number of hydrogen-bond acceptors (Lipinski definition) is 6. The minimum atomic E-state index is 0.157. The van der Waals surface area contributed by atoms with Crippen LogP contribution >= 0.6 is 0 Å². The van der Waals surface area contributed by atoms with Crippen LogP contribution in [0.1, 0.15) is 24.9 Å². The third-order valence-corrected chi connectivity index (χ3v) is 2.22. The molecule has 7 nitrogen and oxygen atoms in total. The highest BCUT2D eigenvalue weighted by Crippen LogP contribution is 2.02. The van der Waals surface area contributed by atoms with Crippen LogP contribution in [0.3, 0.4) is 0 Å². The smallest absolute Gasteiger partial charge is 0.252 e. The van der Waals surface area contributed by atoms with Gasteiger partial charge in [0.05, 0.1) is 24.6 Å². The molecule has 0 spiro atoms. The number of rotatable bonds is 5. The monoisotopic (exact) mass is 243 g/mol. The van der Waals surface area contributed by atoms with Crippen LogP contribution < -0.4 is 5.32 Å². The van der Waals surface area contributed by atoms with Gasteiger partial charge in [-0.1, -0.05) is 6.92 Å². The molecular weight excluding hydrogens is 230 g/mol. The van der Waals surface area contributed by atoms with Gasteiger partial charge >= 0.3 is 0 Å². The van der Waals surface area contributed by atoms with E-state index in [2.05, 4.69) is 32.3 Å². The molecule has 0 unspecified atom stereocenters. The Morgan fingerprint density at radius 1 is 1.33 bits per heavy atom. The predicted molar refractivity (Wildman–Crippen MR) is 64.7 cm³/mol. The van der Waals surface area contributed by atoms with E-state index in [-0.39, 0.29) is 5.82 Å². The zero-order chi connectivity index (χ0) is 12.8. The van der Waals surface area contributed by atoms with Gasteiger partial charge in [0.1, 0.15) is 18.2 Å². The van der Waals surface area contributed by atoms with Crippen molar-refractivity contribution in [3.05, 3.63) is 30.2 Å². The van der Waals surface area contributed by atoms with E-state index in [9.17, 15) is 0 Å². The molecule has 2 aromatic rings. The first-order valence-electron chi connectivity index (χ1n) is 5.66. The van der Waals surface area contributed by atoms with Crippen molar-refractivity contribution in [2.75, 3.05) is 11.9 Å². The molecule has 7 heteroatoms. The molecule has 0 saturated carbocycles. The maximum atomic E-state index is 8.61. The fraction of sp³-hybridized carbons (Fsp3) is 0.364. The summed E-state index contributed by atoms with van der Waals surface area (Å²) in [7, 11) is 0. The fourth-order valence-corrected chi connectivity index (χ4v) is 1.37. The van der Waals surface area contributed by atoms with Gasteiger partial charge < -0.3 is 5.32 Å². The van der Waals surface area contributed by atoms with Crippen LogP contribution in [0.2, 0.25) is 0 Å². The van der Waals surface area contributed by atoms with Gasteiger partial charge in [-0.2, -0.15) is 5.26 Å². The van der Waals surface area contributed by atoms with Gasteiger partial charge in [0, 0.05) is 6.54 Å². The zero-order valence-corrected chi connectivity index (χ0v) is 10.0. The molecule has 92 valence electrons. The first kappa shape index (κ1) is 12.0. The molecule has 2 heterocycles. The summed E-state index contributed by atoms with van der Waals surface area (Å²) in [5.74, 6) is 0.918. The minimum absolute atomic E-state index is 0.157. The van der Waals surface area contributed by atoms with Crippen LogP contribution in [0, 0.1) is 11.3 Å². The van der Waals surface area contributed by atoms with Crippen LogP contribution in [0.5, 0.6) is 0 Å². The summed E-state index contributed by atoms with van der Waals surface area (Å²) < 4.78 is 1.56. The summed E-state index contributed by atoms with van der Waals surface area (Å²) in [5.41, 5.74) is 0.770. The third-order valence-electron chi connectivity index (χ3n) is 2.22. The summed E-state index contributed by atoms with van der Waals surface area (Å²) in [6, 6.07) is 1.88. The van der Waals surface area contributed by atoms with Gasteiger partial charge in [-0.25, -0.2) is 14.6 Å². The Morgan fingerprint density at radius 3 is 2.83 bits per heavy atom. The molecular formula is C11H13N7. The van der Waals surface area contributed by atoms with E-state index in [1.165, 1.54) is 6.33 Å². The molecule has 1 N–H and O–H groups in total. The van der Waals surface area contributed by atoms with Crippen LogP contribution in [0.4, 0.5) is 5.82 Å². The highest BCUT2D eigenvalue weighted by atomic mass is 15.3. The van der Waals surface area contributed by atoms with Crippen molar-refractivity contribution in [3.63, 3.8) is 0 Å². The largest absolute Gasteiger partial charge is 0.369 e. The molecule has 0 atom stereocenters. The highest BCUT2D eigenvalue weighted by molar-refractivity contribution is 5.30. The lowest BCUT2D eigenvalue weighted by Gasteiger charge is -2.04. The van der Waals surface area contributed by atoms with Crippen molar-refractivity contribution in [2.45, 2.75) is 19.9 Å². The Hall–Kier alpha value is -2.49. The molecule has 2 aromatic heterocycles. The maximum absolute atomic E-state index is 8.61. The molecule has 0 aromatic carbocycles. The van der Waals surface area contributed by atoms with E-state index in [0.717, 1.165) is 24.5 Å². The van der Waals surface area contributed by atoms with Gasteiger partial charge in [0.15, 0.2) is 0 Å². The van der Waals surface area contributed by atoms with Crippen molar-refractivity contribution in [1.29, 1.82) is 5.26 Å². The second-order valence-corrected chi connectivity index (χ2v) is 3.70. The summed E-state index contributed by atoms with van der Waals surface area (Å²) >= 11 is 0. The first-order valence-corrected chi connectivity index (χ1v) is 5.66. The molecule has 0 bridgehead atoms. The number of hydrogen-bond donors (Lipinski definition) is 1. The second-order valence-electron chi connectivity index (χ2n) is 3.70. The van der Waals surface area contributed by atoms with E-state index in [1.807, 2.05) is 6.07 Å². The Labute approximate surface area is 105 Å². The van der Waals surface area contributed by atoms with Crippen molar-refractivity contribution in [1.82, 2.24) is 24.7 Å². The SMILES string of the molecule is CCCNc1cnc(Cn2cnc(C#N)n2)cn1. The molecule has 0 fully saturated rings. The Kier molecular flexibility index (Phi) is 3.81. The molecule has 0 aliphatic rings. The van der Waals surface area contributed by atoms with Gasteiger partial charge in [-0.15, -0.1) is 5.10 Å². The minimum Gasteiger partial charge on any atom is -0.369 e. The Morgan fingerprint density at radius 2 is 2.22 bits per heavy atom. The van der Waals surface area contributed by atoms with E-state index in [0.29, 0.717) is 6.54 Å². The third kappa shape index (κ3) is 3.01. The zero-order valence-electron chi connectivity index (χ0n) is 10.0. The average Bonchev–Trinajstić information content (AvgIpc) is 2.86. The standard InChI is InChI=1S/C11H13N7/c1-2-3-13-11-6-14-9(5-15-11)7-18-8-16-10(4-12)17-18/h5-6,8H,2-3,7H2,1H3,(H,13,15). The highest BCUT2D eigenvalue weighted by Gasteiger charge is 2.02. The topological polar surface area (TPSA) is 92.3 Å². The van der Waals surface area contributed by atoms with E-state index in [4.69, 9.17) is 5.26 Å². The van der Waals surface area contributed by atoms with Crippen LogP contribution in [0.25, 0.3) is 0 Å². The quantitative estimate of drug-likeness (QED) is 0.835. The van der Waals surface area contributed by atoms with Crippen molar-refractivity contribution >= 4 is 5.82 Å². The normalized spacial score (nSPS) is 10.0. The summed E-state index contributed by atoms with van der Waals surface area (Å²) in [6.45, 7) is 3.42. The van der Waals surface area contributed by atoms with E-state index in [1.54, 1.807) is 17.1 Å². The van der Waals surface area contributed by atoms with Gasteiger partial charge in [-0.05, 0) is 6.42 Å². The molecule has 0 aliphatic carbocycles. The van der Waals surface area contributed by atoms with Gasteiger partial charge in [-0.3, -0.25) is 4.98 Å². The van der Waals surface area contributed by atoms with Crippen molar-refractivity contribution < 1.29 is 0 Å². The van der Waals surface area contributed by atoms with Crippen LogP contribution in [0.15, 0.2) is 18.7 Å². The molecule has 0 saturated heterocycles. The van der Waals surface area contributed by atoms with Crippen LogP contribution in [-0.2, 0) is 6.54 Å². The number of nitrogens with zero attached hydrogens (tertiary/aromatic N) is 6. The Balaban J connectivity index is 1.99. The first-order chi connectivity index (χ1) is 8.81. The number of nitriles is 1. The maximum Gasteiger partial charge on any atom is 0.252 e. The lowest BCUT2D eigenvalue weighted by Crippen LogP contribution is -2.06. The molecule has 2 rings (SSSR count). The predicted octanol–water partition coefficient (Wildman–Crippen LogP) is 0.810. The van der Waals surface area contributed by atoms with Crippen molar-refractivity contribution in [2.24, 2.45) is 0 Å². The summed E-state index contributed by atoms with van der Waals surface area (Å²) in [5, 5.41) is 15.7. The number of nitrogens with one attached hydrogen (secondary N) is 1. The fourth-order valence-electron chi connectivity index (χ4n) is 1.37. The lowest BCUT2D eigenvalue weighted by molar-refractivity contribution is 0.666. The lowest BCUT2D eigenvalue weighted by atomic mass is 10.4. The molecule has 0 aliphatic heterocycles. The van der Waals surface area contributed by atoms with E-state index >= 15 is 0 Å². The second kappa shape index (κ2) is 5.72. The Bertz CT molecular complexity index is 537. The summed E-state index contributed by atoms with van der Waals surface area (Å²) in [4.78, 5) is 12.3. The number of aromatic nitrogens is 5. The molecule has 0 radical (unpaired) electrons. The molecule has 0 amide bonds. The van der Waals surface area contributed by atoms with Crippen LogP contribution in [-0.4, -0.2) is 31.3 Å². The average molecular weight is 243 g/mol. The van der Waals surface area contributed by atoms with Gasteiger partial charge in [0.25, 0.3) is 5.82 Å². The van der Waals surface area contributed by atoms with E-state index < -0.39 is 0 Å². The van der Waals surface area contributed by atoms with Crippen molar-refractivity contribution in [3.8, 4) is 6.07 Å². The molecule has 18 heavy (non-hydrogen) atoms. The van der Waals surface area contributed by atoms with Gasteiger partial charge in [0.2, 0.25) is 0 Å². The number of anilines is 1.